The first-order valence-corrected chi connectivity index (χ1v) is 11.3. The van der Waals surface area contributed by atoms with Crippen LogP contribution in [0, 0.1) is 12.7 Å². The number of pyridine rings is 1. The number of rotatable bonds is 7. The lowest BCUT2D eigenvalue weighted by molar-refractivity contribution is -0.131. The lowest BCUT2D eigenvalue weighted by Gasteiger charge is -2.36. The highest BCUT2D eigenvalue weighted by atomic mass is 19.1. The summed E-state index contributed by atoms with van der Waals surface area (Å²) in [5.74, 6) is 0.352. The highest BCUT2D eigenvalue weighted by molar-refractivity contribution is 5.76. The van der Waals surface area contributed by atoms with E-state index in [0.717, 1.165) is 17.8 Å². The third kappa shape index (κ3) is 5.13. The summed E-state index contributed by atoms with van der Waals surface area (Å²) in [6, 6.07) is 9.99. The first-order chi connectivity index (χ1) is 16.0. The Bertz CT molecular complexity index is 1160. The molecule has 3 aromatic rings. The van der Waals surface area contributed by atoms with Crippen molar-refractivity contribution in [2.24, 2.45) is 0 Å². The minimum Gasteiger partial charge on any atom is -0.368 e. The van der Waals surface area contributed by atoms with Gasteiger partial charge in [-0.1, -0.05) is 12.1 Å². The van der Waals surface area contributed by atoms with Crippen molar-refractivity contribution in [1.29, 1.82) is 0 Å². The average molecular weight is 454 g/mol. The molecular weight excluding hydrogens is 425 g/mol. The second kappa shape index (κ2) is 9.97. The van der Waals surface area contributed by atoms with Gasteiger partial charge in [0.15, 0.2) is 0 Å². The number of nitrogens with zero attached hydrogens (tertiary/aromatic N) is 5. The maximum Gasteiger partial charge on any atom is 0.261 e. The van der Waals surface area contributed by atoms with Crippen molar-refractivity contribution in [3.05, 3.63) is 64.2 Å². The van der Waals surface area contributed by atoms with Gasteiger partial charge in [-0.15, -0.1) is 0 Å². The summed E-state index contributed by atoms with van der Waals surface area (Å²) in [6.45, 7) is 7.14. The molecule has 0 radical (unpaired) electrons. The Morgan fingerprint density at radius 3 is 2.52 bits per heavy atom. The first kappa shape index (κ1) is 22.7. The number of aromatic nitrogens is 3. The molecule has 0 unspecified atom stereocenters. The molecule has 3 heterocycles. The quantitative estimate of drug-likeness (QED) is 0.547. The van der Waals surface area contributed by atoms with Gasteiger partial charge in [-0.05, 0) is 49.7 Å². The van der Waals surface area contributed by atoms with Crippen LogP contribution >= 0.6 is 0 Å². The van der Waals surface area contributed by atoms with Crippen LogP contribution in [0.25, 0.3) is 11.4 Å². The monoisotopic (exact) mass is 453 g/mol. The highest BCUT2D eigenvalue weighted by Gasteiger charge is 2.22. The maximum atomic E-state index is 13.1. The van der Waals surface area contributed by atoms with Crippen molar-refractivity contribution >= 4 is 11.6 Å². The molecule has 1 aromatic carbocycles. The van der Waals surface area contributed by atoms with Crippen LogP contribution in [-0.2, 0) is 17.8 Å². The molecule has 0 saturated carbocycles. The van der Waals surface area contributed by atoms with Crippen LogP contribution in [0.5, 0.6) is 0 Å². The highest BCUT2D eigenvalue weighted by Crippen LogP contribution is 2.18. The van der Waals surface area contributed by atoms with Gasteiger partial charge in [-0.2, -0.15) is 4.98 Å². The van der Waals surface area contributed by atoms with E-state index in [-0.39, 0.29) is 29.5 Å². The predicted octanol–water partition coefficient (Wildman–Crippen LogP) is 3.04. The molecule has 4 rings (SSSR count). The lowest BCUT2D eigenvalue weighted by Crippen LogP contribution is -2.48. The Balaban J connectivity index is 1.33. The predicted molar refractivity (Wildman–Crippen MR) is 123 cm³/mol. The fourth-order valence-electron chi connectivity index (χ4n) is 4.05. The van der Waals surface area contributed by atoms with Gasteiger partial charge in [-0.3, -0.25) is 9.59 Å². The lowest BCUT2D eigenvalue weighted by atomic mass is 10.2. The van der Waals surface area contributed by atoms with Crippen LogP contribution in [-0.4, -0.2) is 51.7 Å². The van der Waals surface area contributed by atoms with Crippen molar-refractivity contribution in [3.63, 3.8) is 0 Å². The fourth-order valence-corrected chi connectivity index (χ4v) is 4.05. The van der Waals surface area contributed by atoms with Gasteiger partial charge in [-0.25, -0.2) is 4.39 Å². The molecule has 0 bridgehead atoms. The van der Waals surface area contributed by atoms with Gasteiger partial charge >= 0.3 is 0 Å². The van der Waals surface area contributed by atoms with E-state index in [2.05, 4.69) is 15.0 Å². The molecule has 2 aromatic heterocycles. The van der Waals surface area contributed by atoms with E-state index in [1.807, 2.05) is 24.8 Å². The van der Waals surface area contributed by atoms with Gasteiger partial charge in [0.1, 0.15) is 5.82 Å². The number of carbonyl (C=O) groups is 1. The zero-order valence-corrected chi connectivity index (χ0v) is 19.0. The smallest absolute Gasteiger partial charge is 0.261 e. The second-order valence-electron chi connectivity index (χ2n) is 8.20. The molecule has 33 heavy (non-hydrogen) atoms. The number of carbonyl (C=O) groups excluding carboxylic acids is 1. The zero-order chi connectivity index (χ0) is 23.4. The van der Waals surface area contributed by atoms with E-state index < -0.39 is 0 Å². The third-order valence-corrected chi connectivity index (χ3v) is 5.93. The van der Waals surface area contributed by atoms with E-state index in [1.165, 1.54) is 12.1 Å². The van der Waals surface area contributed by atoms with Crippen LogP contribution in [0.1, 0.15) is 31.4 Å². The minimum absolute atomic E-state index is 0.0224. The molecule has 1 amide bonds. The molecular formula is C24H28FN5O3. The van der Waals surface area contributed by atoms with Crippen LogP contribution in [0.2, 0.25) is 0 Å². The zero-order valence-electron chi connectivity index (χ0n) is 19.0. The number of aryl methyl sites for hydroxylation is 2. The van der Waals surface area contributed by atoms with E-state index in [4.69, 9.17) is 4.52 Å². The molecule has 8 nitrogen and oxygen atoms in total. The topological polar surface area (TPSA) is 84.5 Å². The summed E-state index contributed by atoms with van der Waals surface area (Å²) >= 11 is 0. The number of piperazine rings is 1. The SMILES string of the molecule is CCCn1c(C)ccc(-c2noc(CCC(=O)N3CCN(c4ccc(F)cc4)CC3)n2)c1=O. The van der Waals surface area contributed by atoms with E-state index in [9.17, 15) is 14.0 Å². The standard InChI is InChI=1S/C24H28FN5O3/c1-3-12-30-17(2)4-9-20(24(30)32)23-26-21(33-27-23)10-11-22(31)29-15-13-28(14-16-29)19-7-5-18(25)6-8-19/h4-9H,3,10-16H2,1-2H3. The number of halogens is 1. The number of hydrogen-bond donors (Lipinski definition) is 0. The van der Waals surface area contributed by atoms with Crippen LogP contribution in [0.4, 0.5) is 10.1 Å². The van der Waals surface area contributed by atoms with E-state index in [1.54, 1.807) is 22.8 Å². The Morgan fingerprint density at radius 1 is 1.09 bits per heavy atom. The van der Waals surface area contributed by atoms with Crippen molar-refractivity contribution in [2.75, 3.05) is 31.1 Å². The van der Waals surface area contributed by atoms with Crippen molar-refractivity contribution < 1.29 is 13.7 Å². The molecule has 174 valence electrons. The molecule has 0 aliphatic carbocycles. The van der Waals surface area contributed by atoms with E-state index in [0.29, 0.717) is 50.6 Å². The van der Waals surface area contributed by atoms with Gasteiger partial charge in [0.25, 0.3) is 5.56 Å². The summed E-state index contributed by atoms with van der Waals surface area (Å²) in [6.07, 6.45) is 1.42. The maximum absolute atomic E-state index is 13.1. The molecule has 1 aliphatic heterocycles. The Morgan fingerprint density at radius 2 is 1.82 bits per heavy atom. The summed E-state index contributed by atoms with van der Waals surface area (Å²) in [5, 5.41) is 3.96. The number of benzene rings is 1. The van der Waals surface area contributed by atoms with Crippen LogP contribution in [0.3, 0.4) is 0 Å². The Hall–Kier alpha value is -3.49. The van der Waals surface area contributed by atoms with Crippen LogP contribution in [0.15, 0.2) is 45.7 Å². The summed E-state index contributed by atoms with van der Waals surface area (Å²) < 4.78 is 20.1. The minimum atomic E-state index is -0.259. The van der Waals surface area contributed by atoms with Crippen molar-refractivity contribution in [1.82, 2.24) is 19.6 Å². The Labute approximate surface area is 191 Å². The van der Waals surface area contributed by atoms with Gasteiger partial charge in [0.05, 0.1) is 5.56 Å². The fraction of sp³-hybridized carbons (Fsp3) is 0.417. The molecule has 1 aliphatic rings. The molecule has 9 heteroatoms. The molecule has 1 saturated heterocycles. The molecule has 0 spiro atoms. The molecule has 0 atom stereocenters. The average Bonchev–Trinajstić information content (AvgIpc) is 3.29. The summed E-state index contributed by atoms with van der Waals surface area (Å²) in [7, 11) is 0. The number of anilines is 1. The summed E-state index contributed by atoms with van der Waals surface area (Å²) in [4.78, 5) is 33.7. The number of amides is 1. The first-order valence-electron chi connectivity index (χ1n) is 11.3. The normalized spacial score (nSPS) is 14.0. The Kier molecular flexibility index (Phi) is 6.86. The van der Waals surface area contributed by atoms with Crippen molar-refractivity contribution in [2.45, 2.75) is 39.7 Å². The number of hydrogen-bond acceptors (Lipinski definition) is 6. The van der Waals surface area contributed by atoms with Gasteiger partial charge in [0.2, 0.25) is 17.6 Å². The van der Waals surface area contributed by atoms with Crippen LogP contribution < -0.4 is 10.5 Å². The van der Waals surface area contributed by atoms with Gasteiger partial charge in [0, 0.05) is 56.9 Å². The summed E-state index contributed by atoms with van der Waals surface area (Å²) in [5.41, 5.74) is 2.10. The molecule has 0 N–H and O–H groups in total. The molecule has 1 fully saturated rings. The second-order valence-corrected chi connectivity index (χ2v) is 8.20. The van der Waals surface area contributed by atoms with E-state index >= 15 is 0 Å². The van der Waals surface area contributed by atoms with Gasteiger partial charge < -0.3 is 18.9 Å². The third-order valence-electron chi connectivity index (χ3n) is 5.93. The van der Waals surface area contributed by atoms with Crippen molar-refractivity contribution in [3.8, 4) is 11.4 Å². The largest absolute Gasteiger partial charge is 0.368 e.